The molecule has 1 aromatic carbocycles. The van der Waals surface area contributed by atoms with Crippen molar-refractivity contribution in [3.8, 4) is 11.3 Å². The molecule has 0 saturated carbocycles. The van der Waals surface area contributed by atoms with E-state index in [1.807, 2.05) is 6.92 Å². The molecule has 0 spiro atoms. The van der Waals surface area contributed by atoms with Gasteiger partial charge in [-0.05, 0) is 30.7 Å². The summed E-state index contributed by atoms with van der Waals surface area (Å²) in [5, 5.41) is 0. The molecule has 100 valence electrons. The van der Waals surface area contributed by atoms with E-state index in [1.165, 1.54) is 6.07 Å². The molecule has 0 radical (unpaired) electrons. The Hall–Kier alpha value is -1.88. The zero-order chi connectivity index (χ0) is 13.9. The van der Waals surface area contributed by atoms with Gasteiger partial charge in [0, 0.05) is 5.56 Å². The third kappa shape index (κ3) is 2.76. The number of sulfone groups is 1. The Morgan fingerprint density at radius 1 is 1.16 bits per heavy atom. The van der Waals surface area contributed by atoms with Crippen LogP contribution in [-0.2, 0) is 9.84 Å². The summed E-state index contributed by atoms with van der Waals surface area (Å²) < 4.78 is 29.7. The Bertz CT molecular complexity index is 683. The second-order valence-corrected chi connectivity index (χ2v) is 6.21. The SMILES string of the molecule is CCCS(=O)(=O)c1ccccc1-c1ccc(C=O)o1. The molecule has 0 fully saturated rings. The van der Waals surface area contributed by atoms with E-state index in [0.717, 1.165) is 0 Å². The van der Waals surface area contributed by atoms with Crippen molar-refractivity contribution in [3.05, 3.63) is 42.2 Å². The first-order valence-electron chi connectivity index (χ1n) is 5.95. The largest absolute Gasteiger partial charge is 0.453 e. The fourth-order valence-corrected chi connectivity index (χ4v) is 3.43. The van der Waals surface area contributed by atoms with Gasteiger partial charge >= 0.3 is 0 Å². The van der Waals surface area contributed by atoms with Crippen LogP contribution in [0.5, 0.6) is 0 Å². The number of rotatable bonds is 5. The number of aldehydes is 1. The van der Waals surface area contributed by atoms with Crippen LogP contribution in [0.2, 0.25) is 0 Å². The Labute approximate surface area is 112 Å². The summed E-state index contributed by atoms with van der Waals surface area (Å²) in [6.45, 7) is 1.82. The second kappa shape index (κ2) is 5.40. The predicted molar refractivity (Wildman–Crippen MR) is 71.9 cm³/mol. The van der Waals surface area contributed by atoms with E-state index >= 15 is 0 Å². The number of furan rings is 1. The molecule has 0 bridgehead atoms. The van der Waals surface area contributed by atoms with Crippen LogP contribution in [0.25, 0.3) is 11.3 Å². The van der Waals surface area contributed by atoms with Crippen molar-refractivity contribution in [2.24, 2.45) is 0 Å². The Morgan fingerprint density at radius 2 is 1.89 bits per heavy atom. The van der Waals surface area contributed by atoms with Gasteiger partial charge in [0.05, 0.1) is 10.6 Å². The fourth-order valence-electron chi connectivity index (χ4n) is 1.88. The van der Waals surface area contributed by atoms with Gasteiger partial charge in [0.25, 0.3) is 0 Å². The first kappa shape index (κ1) is 13.5. The molecule has 1 aromatic heterocycles. The molecule has 0 aliphatic rings. The van der Waals surface area contributed by atoms with Gasteiger partial charge in [-0.1, -0.05) is 19.1 Å². The average Bonchev–Trinajstić information content (AvgIpc) is 2.87. The summed E-state index contributed by atoms with van der Waals surface area (Å²) >= 11 is 0. The number of carbonyl (C=O) groups excluding carboxylic acids is 1. The van der Waals surface area contributed by atoms with Crippen LogP contribution < -0.4 is 0 Å². The molecule has 19 heavy (non-hydrogen) atoms. The van der Waals surface area contributed by atoms with Gasteiger partial charge in [-0.25, -0.2) is 8.42 Å². The summed E-state index contributed by atoms with van der Waals surface area (Å²) in [6.07, 6.45) is 1.14. The zero-order valence-electron chi connectivity index (χ0n) is 10.5. The molecule has 0 aliphatic carbocycles. The lowest BCUT2D eigenvalue weighted by Gasteiger charge is -2.07. The van der Waals surface area contributed by atoms with Gasteiger partial charge in [0.2, 0.25) is 0 Å². The zero-order valence-corrected chi connectivity index (χ0v) is 11.3. The van der Waals surface area contributed by atoms with Gasteiger partial charge < -0.3 is 4.42 Å². The van der Waals surface area contributed by atoms with Gasteiger partial charge in [-0.15, -0.1) is 0 Å². The Balaban J connectivity index is 2.56. The third-order valence-corrected chi connectivity index (χ3v) is 4.68. The van der Waals surface area contributed by atoms with E-state index in [2.05, 4.69) is 0 Å². The van der Waals surface area contributed by atoms with Crippen LogP contribution in [0.1, 0.15) is 23.9 Å². The first-order valence-corrected chi connectivity index (χ1v) is 7.61. The minimum atomic E-state index is -3.33. The second-order valence-electron chi connectivity index (χ2n) is 4.13. The number of hydrogen-bond donors (Lipinski definition) is 0. The highest BCUT2D eigenvalue weighted by atomic mass is 32.2. The molecule has 0 atom stereocenters. The van der Waals surface area contributed by atoms with Crippen molar-refractivity contribution < 1.29 is 17.6 Å². The normalized spacial score (nSPS) is 11.4. The first-order chi connectivity index (χ1) is 9.08. The van der Waals surface area contributed by atoms with Crippen molar-refractivity contribution in [2.45, 2.75) is 18.2 Å². The monoisotopic (exact) mass is 278 g/mol. The molecular weight excluding hydrogens is 264 g/mol. The van der Waals surface area contributed by atoms with Crippen molar-refractivity contribution >= 4 is 16.1 Å². The van der Waals surface area contributed by atoms with Crippen LogP contribution in [0, 0.1) is 0 Å². The van der Waals surface area contributed by atoms with Crippen LogP contribution in [0.3, 0.4) is 0 Å². The summed E-state index contributed by atoms with van der Waals surface area (Å²) in [4.78, 5) is 10.9. The molecule has 1 heterocycles. The molecule has 4 nitrogen and oxygen atoms in total. The predicted octanol–water partition coefficient (Wildman–Crippen LogP) is 2.94. The molecule has 5 heteroatoms. The molecular formula is C14H14O4S. The highest BCUT2D eigenvalue weighted by Crippen LogP contribution is 2.29. The van der Waals surface area contributed by atoms with Gasteiger partial charge in [0.1, 0.15) is 5.76 Å². The number of carbonyl (C=O) groups is 1. The highest BCUT2D eigenvalue weighted by molar-refractivity contribution is 7.91. The standard InChI is InChI=1S/C14H14O4S/c1-2-9-19(16,17)14-6-4-3-5-12(14)13-8-7-11(10-15)18-13/h3-8,10H,2,9H2,1H3. The average molecular weight is 278 g/mol. The number of hydrogen-bond acceptors (Lipinski definition) is 4. The Morgan fingerprint density at radius 3 is 2.53 bits per heavy atom. The summed E-state index contributed by atoms with van der Waals surface area (Å²) in [5.41, 5.74) is 0.490. The van der Waals surface area contributed by atoms with E-state index in [0.29, 0.717) is 24.0 Å². The maximum Gasteiger partial charge on any atom is 0.185 e. The summed E-state index contributed by atoms with van der Waals surface area (Å²) in [7, 11) is -3.33. The summed E-state index contributed by atoms with van der Waals surface area (Å²) in [6, 6.07) is 9.77. The van der Waals surface area contributed by atoms with E-state index in [1.54, 1.807) is 30.3 Å². The quantitative estimate of drug-likeness (QED) is 0.789. The maximum atomic E-state index is 12.2. The topological polar surface area (TPSA) is 64.3 Å². The van der Waals surface area contributed by atoms with Gasteiger partial charge in [-0.3, -0.25) is 4.79 Å². The molecule has 0 N–H and O–H groups in total. The summed E-state index contributed by atoms with van der Waals surface area (Å²) in [5.74, 6) is 0.653. The molecule has 0 aliphatic heterocycles. The van der Waals surface area contributed by atoms with Crippen LogP contribution in [0.4, 0.5) is 0 Å². The fraction of sp³-hybridized carbons (Fsp3) is 0.214. The molecule has 2 rings (SSSR count). The maximum absolute atomic E-state index is 12.2. The third-order valence-electron chi connectivity index (χ3n) is 2.70. The van der Waals surface area contributed by atoms with E-state index in [9.17, 15) is 13.2 Å². The van der Waals surface area contributed by atoms with E-state index in [-0.39, 0.29) is 16.4 Å². The van der Waals surface area contributed by atoms with Crippen molar-refractivity contribution in [1.29, 1.82) is 0 Å². The van der Waals surface area contributed by atoms with Crippen LogP contribution >= 0.6 is 0 Å². The van der Waals surface area contributed by atoms with Gasteiger partial charge in [-0.2, -0.15) is 0 Å². The highest BCUT2D eigenvalue weighted by Gasteiger charge is 2.19. The van der Waals surface area contributed by atoms with Crippen LogP contribution in [0.15, 0.2) is 45.7 Å². The minimum absolute atomic E-state index is 0.0886. The lowest BCUT2D eigenvalue weighted by molar-refractivity contribution is 0.110. The molecule has 0 saturated heterocycles. The van der Waals surface area contributed by atoms with Crippen molar-refractivity contribution in [3.63, 3.8) is 0 Å². The van der Waals surface area contributed by atoms with Crippen molar-refractivity contribution in [2.75, 3.05) is 5.75 Å². The lowest BCUT2D eigenvalue weighted by atomic mass is 10.2. The minimum Gasteiger partial charge on any atom is -0.453 e. The molecule has 2 aromatic rings. The number of benzene rings is 1. The van der Waals surface area contributed by atoms with Crippen molar-refractivity contribution in [1.82, 2.24) is 0 Å². The van der Waals surface area contributed by atoms with E-state index < -0.39 is 9.84 Å². The van der Waals surface area contributed by atoms with E-state index in [4.69, 9.17) is 4.42 Å². The van der Waals surface area contributed by atoms with Crippen LogP contribution in [-0.4, -0.2) is 20.5 Å². The van der Waals surface area contributed by atoms with Gasteiger partial charge in [0.15, 0.2) is 21.9 Å². The Kier molecular flexibility index (Phi) is 3.85. The smallest absolute Gasteiger partial charge is 0.185 e. The molecule has 0 unspecified atom stereocenters. The lowest BCUT2D eigenvalue weighted by Crippen LogP contribution is -2.07. The molecule has 0 amide bonds.